The number of nitrogens with one attached hydrogen (secondary N) is 3. The summed E-state index contributed by atoms with van der Waals surface area (Å²) >= 11 is 0. The van der Waals surface area contributed by atoms with E-state index in [1.54, 1.807) is 50.4 Å². The first-order valence-electron chi connectivity index (χ1n) is 11.3. The van der Waals surface area contributed by atoms with E-state index >= 15 is 0 Å². The zero-order chi connectivity index (χ0) is 25.9. The van der Waals surface area contributed by atoms with E-state index in [4.69, 9.17) is 13.7 Å². The average Bonchev–Trinajstić information content (AvgIpc) is 3.47. The summed E-state index contributed by atoms with van der Waals surface area (Å²) in [7, 11) is 1.60. The van der Waals surface area contributed by atoms with Gasteiger partial charge in [0.25, 0.3) is 5.91 Å². The van der Waals surface area contributed by atoms with Crippen LogP contribution in [-0.2, 0) is 5.41 Å². The molecule has 9 nitrogen and oxygen atoms in total. The first-order valence-corrected chi connectivity index (χ1v) is 11.3. The molecule has 0 aliphatic rings. The third-order valence-electron chi connectivity index (χ3n) is 5.43. The molecule has 4 aromatic rings. The second kappa shape index (κ2) is 9.99. The fourth-order valence-electron chi connectivity index (χ4n) is 3.41. The predicted molar refractivity (Wildman–Crippen MR) is 138 cm³/mol. The molecule has 0 aliphatic heterocycles. The van der Waals surface area contributed by atoms with Crippen LogP contribution in [0.15, 0.2) is 69.6 Å². The Morgan fingerprint density at radius 2 is 1.53 bits per heavy atom. The molecule has 3 amide bonds. The number of carbonyl (C=O) groups excluding carboxylic acids is 2. The van der Waals surface area contributed by atoms with Crippen molar-refractivity contribution >= 4 is 29.1 Å². The summed E-state index contributed by atoms with van der Waals surface area (Å²) in [5, 5.41) is 12.1. The van der Waals surface area contributed by atoms with Crippen molar-refractivity contribution in [3.05, 3.63) is 77.7 Å². The number of ether oxygens (including phenoxy) is 1. The molecule has 36 heavy (non-hydrogen) atoms. The number of urea groups is 1. The molecule has 0 atom stereocenters. The van der Waals surface area contributed by atoms with Crippen molar-refractivity contribution in [3.63, 3.8) is 0 Å². The number of amides is 3. The number of aromatic nitrogens is 1. The number of hydrogen-bond donors (Lipinski definition) is 3. The molecule has 2 aromatic heterocycles. The summed E-state index contributed by atoms with van der Waals surface area (Å²) in [5.74, 6) is 2.54. The number of aryl methyl sites for hydroxylation is 1. The van der Waals surface area contributed by atoms with Gasteiger partial charge in [0.2, 0.25) is 0 Å². The lowest BCUT2D eigenvalue weighted by Gasteiger charge is -2.12. The van der Waals surface area contributed by atoms with Crippen LogP contribution >= 0.6 is 0 Å². The fourth-order valence-corrected chi connectivity index (χ4v) is 3.41. The smallest absolute Gasteiger partial charge is 0.324 e. The van der Waals surface area contributed by atoms with Gasteiger partial charge in [0.1, 0.15) is 23.0 Å². The van der Waals surface area contributed by atoms with Gasteiger partial charge in [-0.1, -0.05) is 25.9 Å². The lowest BCUT2D eigenvalue weighted by Crippen LogP contribution is -2.19. The van der Waals surface area contributed by atoms with E-state index in [9.17, 15) is 9.59 Å². The van der Waals surface area contributed by atoms with Crippen molar-refractivity contribution in [2.75, 3.05) is 23.1 Å². The summed E-state index contributed by atoms with van der Waals surface area (Å²) in [4.78, 5) is 25.1. The van der Waals surface area contributed by atoms with Gasteiger partial charge in [0, 0.05) is 28.4 Å². The minimum absolute atomic E-state index is 0.212. The summed E-state index contributed by atoms with van der Waals surface area (Å²) in [6.45, 7) is 7.72. The third kappa shape index (κ3) is 5.75. The van der Waals surface area contributed by atoms with Crippen molar-refractivity contribution in [3.8, 4) is 17.1 Å². The maximum atomic E-state index is 12.8. The zero-order valence-corrected chi connectivity index (χ0v) is 20.8. The number of anilines is 3. The summed E-state index contributed by atoms with van der Waals surface area (Å²) in [6.07, 6.45) is 0. The third-order valence-corrected chi connectivity index (χ3v) is 5.43. The van der Waals surface area contributed by atoms with Crippen LogP contribution in [0.3, 0.4) is 0 Å². The van der Waals surface area contributed by atoms with Gasteiger partial charge in [-0.3, -0.25) is 10.1 Å². The average molecular weight is 489 g/mol. The van der Waals surface area contributed by atoms with Gasteiger partial charge >= 0.3 is 6.03 Å². The first kappa shape index (κ1) is 24.6. The highest BCUT2D eigenvalue weighted by Crippen LogP contribution is 2.28. The maximum absolute atomic E-state index is 12.8. The zero-order valence-electron chi connectivity index (χ0n) is 20.8. The van der Waals surface area contributed by atoms with E-state index in [1.807, 2.05) is 45.0 Å². The standard InChI is InChI=1S/C27H28N4O5/c1-16-21(14-22(35-16)17-6-12-20(34-5)13-7-17)25(32)28-18-8-10-19(11-9-18)29-26(33)30-24-15-23(36-31-24)27(2,3)4/h6-15H,1-5H3,(H,28,32)(H2,29,30,31,33). The van der Waals surface area contributed by atoms with E-state index in [2.05, 4.69) is 21.1 Å². The topological polar surface area (TPSA) is 119 Å². The summed E-state index contributed by atoms with van der Waals surface area (Å²) in [6, 6.07) is 17.1. The first-order chi connectivity index (χ1) is 17.1. The number of carbonyl (C=O) groups is 2. The van der Waals surface area contributed by atoms with Crippen LogP contribution in [-0.4, -0.2) is 24.2 Å². The van der Waals surface area contributed by atoms with Crippen molar-refractivity contribution in [1.29, 1.82) is 0 Å². The van der Waals surface area contributed by atoms with Gasteiger partial charge in [-0.2, -0.15) is 0 Å². The molecule has 0 fully saturated rings. The van der Waals surface area contributed by atoms with Crippen LogP contribution in [0.4, 0.5) is 22.0 Å². The Morgan fingerprint density at radius 3 is 2.11 bits per heavy atom. The molecular formula is C27H28N4O5. The van der Waals surface area contributed by atoms with Gasteiger partial charge in [0.05, 0.1) is 12.7 Å². The number of methoxy groups -OCH3 is 1. The van der Waals surface area contributed by atoms with Crippen molar-refractivity contribution in [2.24, 2.45) is 0 Å². The highest BCUT2D eigenvalue weighted by atomic mass is 16.5. The highest BCUT2D eigenvalue weighted by molar-refractivity contribution is 6.06. The molecule has 4 rings (SSSR count). The summed E-state index contributed by atoms with van der Waals surface area (Å²) in [5.41, 5.74) is 2.18. The minimum Gasteiger partial charge on any atom is -0.497 e. The van der Waals surface area contributed by atoms with Gasteiger partial charge in [-0.05, 0) is 61.5 Å². The Bertz CT molecular complexity index is 1360. The van der Waals surface area contributed by atoms with E-state index in [-0.39, 0.29) is 11.3 Å². The predicted octanol–water partition coefficient (Wildman–Crippen LogP) is 6.45. The van der Waals surface area contributed by atoms with Crippen LogP contribution < -0.4 is 20.7 Å². The van der Waals surface area contributed by atoms with Crippen LogP contribution in [0.2, 0.25) is 0 Å². The van der Waals surface area contributed by atoms with Gasteiger partial charge < -0.3 is 24.3 Å². The number of rotatable bonds is 6. The quantitative estimate of drug-likeness (QED) is 0.287. The lowest BCUT2D eigenvalue weighted by atomic mass is 9.93. The Kier molecular flexibility index (Phi) is 6.82. The molecule has 0 radical (unpaired) electrons. The lowest BCUT2D eigenvalue weighted by molar-refractivity contribution is 0.102. The Balaban J connectivity index is 1.36. The minimum atomic E-state index is -0.458. The molecule has 186 valence electrons. The number of benzene rings is 2. The summed E-state index contributed by atoms with van der Waals surface area (Å²) < 4.78 is 16.2. The van der Waals surface area contributed by atoms with Crippen LogP contribution in [0.1, 0.15) is 42.6 Å². The fraction of sp³-hybridized carbons (Fsp3) is 0.222. The molecule has 0 saturated carbocycles. The van der Waals surface area contributed by atoms with Gasteiger partial charge in [0.15, 0.2) is 5.82 Å². The maximum Gasteiger partial charge on any atom is 0.324 e. The van der Waals surface area contributed by atoms with E-state index in [1.165, 1.54) is 0 Å². The Morgan fingerprint density at radius 1 is 0.889 bits per heavy atom. The molecule has 0 bridgehead atoms. The highest BCUT2D eigenvalue weighted by Gasteiger charge is 2.20. The second-order valence-corrected chi connectivity index (χ2v) is 9.25. The molecule has 2 aromatic carbocycles. The normalized spacial score (nSPS) is 11.1. The second-order valence-electron chi connectivity index (χ2n) is 9.25. The molecule has 9 heteroatoms. The van der Waals surface area contributed by atoms with Crippen molar-refractivity contribution < 1.29 is 23.3 Å². The SMILES string of the molecule is COc1ccc(-c2cc(C(=O)Nc3ccc(NC(=O)Nc4cc(C(C)(C)C)on4)cc3)c(C)o2)cc1. The monoisotopic (exact) mass is 488 g/mol. The Hall–Kier alpha value is -4.53. The molecule has 0 unspecified atom stereocenters. The van der Waals surface area contributed by atoms with Gasteiger partial charge in [-0.15, -0.1) is 0 Å². The van der Waals surface area contributed by atoms with E-state index in [0.29, 0.717) is 40.0 Å². The van der Waals surface area contributed by atoms with Crippen LogP contribution in [0, 0.1) is 6.92 Å². The number of nitrogens with zero attached hydrogens (tertiary/aromatic N) is 1. The number of hydrogen-bond acceptors (Lipinski definition) is 6. The molecule has 0 aliphatic carbocycles. The number of furan rings is 1. The van der Waals surface area contributed by atoms with E-state index in [0.717, 1.165) is 11.3 Å². The van der Waals surface area contributed by atoms with Crippen molar-refractivity contribution in [1.82, 2.24) is 5.16 Å². The molecule has 2 heterocycles. The largest absolute Gasteiger partial charge is 0.497 e. The molecule has 0 saturated heterocycles. The van der Waals surface area contributed by atoms with Crippen molar-refractivity contribution in [2.45, 2.75) is 33.1 Å². The van der Waals surface area contributed by atoms with Crippen LogP contribution in [0.25, 0.3) is 11.3 Å². The van der Waals surface area contributed by atoms with Gasteiger partial charge in [-0.25, -0.2) is 4.79 Å². The molecule has 3 N–H and O–H groups in total. The Labute approximate surface area is 208 Å². The molecular weight excluding hydrogens is 460 g/mol. The molecule has 0 spiro atoms. The van der Waals surface area contributed by atoms with Crippen LogP contribution in [0.5, 0.6) is 5.75 Å². The van der Waals surface area contributed by atoms with E-state index < -0.39 is 6.03 Å².